The Morgan fingerprint density at radius 3 is 2.35 bits per heavy atom. The lowest BCUT2D eigenvalue weighted by atomic mass is 10.2. The van der Waals surface area contributed by atoms with Crippen molar-refractivity contribution in [3.63, 3.8) is 0 Å². The molecule has 20 heavy (non-hydrogen) atoms. The lowest BCUT2D eigenvalue weighted by Gasteiger charge is -2.10. The number of hydrogen-bond acceptors (Lipinski definition) is 3. The maximum absolute atomic E-state index is 12.3. The highest BCUT2D eigenvalue weighted by Gasteiger charge is 2.17. The van der Waals surface area contributed by atoms with E-state index in [2.05, 4.69) is 20.7 Å². The second kappa shape index (κ2) is 6.13. The van der Waals surface area contributed by atoms with Crippen molar-refractivity contribution in [2.75, 3.05) is 4.72 Å². The Balaban J connectivity index is 2.33. The van der Waals surface area contributed by atoms with Crippen LogP contribution in [-0.2, 0) is 16.6 Å². The van der Waals surface area contributed by atoms with E-state index in [-0.39, 0.29) is 4.90 Å². The Bertz CT molecular complexity index is 718. The number of halogens is 2. The van der Waals surface area contributed by atoms with E-state index in [1.807, 2.05) is 0 Å². The van der Waals surface area contributed by atoms with E-state index in [4.69, 9.17) is 17.3 Å². The zero-order chi connectivity index (χ0) is 14.8. The molecule has 4 nitrogen and oxygen atoms in total. The molecule has 0 radical (unpaired) electrons. The summed E-state index contributed by atoms with van der Waals surface area (Å²) in [5.74, 6) is 0. The van der Waals surface area contributed by atoms with Crippen LogP contribution in [0.5, 0.6) is 0 Å². The number of benzene rings is 2. The van der Waals surface area contributed by atoms with Crippen molar-refractivity contribution >= 4 is 43.2 Å². The zero-order valence-electron chi connectivity index (χ0n) is 10.3. The number of anilines is 1. The molecule has 0 aliphatic carbocycles. The largest absolute Gasteiger partial charge is 0.326 e. The first-order valence-corrected chi connectivity index (χ1v) is 8.34. The summed E-state index contributed by atoms with van der Waals surface area (Å²) in [5.41, 5.74) is 6.81. The number of hydrogen-bond donors (Lipinski definition) is 2. The minimum atomic E-state index is -3.66. The van der Waals surface area contributed by atoms with Gasteiger partial charge < -0.3 is 5.73 Å². The molecular weight excluding hydrogens is 364 g/mol. The van der Waals surface area contributed by atoms with Gasteiger partial charge in [-0.1, -0.05) is 17.7 Å². The molecule has 3 N–H and O–H groups in total. The first kappa shape index (κ1) is 15.3. The van der Waals surface area contributed by atoms with Gasteiger partial charge in [0.2, 0.25) is 0 Å². The predicted molar refractivity (Wildman–Crippen MR) is 84.3 cm³/mol. The van der Waals surface area contributed by atoms with E-state index < -0.39 is 10.0 Å². The molecule has 0 amide bonds. The third kappa shape index (κ3) is 3.52. The Kier molecular flexibility index (Phi) is 4.70. The van der Waals surface area contributed by atoms with Gasteiger partial charge in [-0.2, -0.15) is 0 Å². The van der Waals surface area contributed by atoms with Crippen molar-refractivity contribution in [3.05, 3.63) is 57.5 Å². The van der Waals surface area contributed by atoms with Gasteiger partial charge in [-0.3, -0.25) is 4.72 Å². The van der Waals surface area contributed by atoms with E-state index in [1.165, 1.54) is 6.07 Å². The fraction of sp³-hybridized carbons (Fsp3) is 0.0769. The average Bonchev–Trinajstić information content (AvgIpc) is 2.40. The van der Waals surface area contributed by atoms with Gasteiger partial charge in [0.05, 0.1) is 0 Å². The molecule has 106 valence electrons. The van der Waals surface area contributed by atoms with E-state index >= 15 is 0 Å². The first-order valence-electron chi connectivity index (χ1n) is 5.69. The molecule has 0 aromatic heterocycles. The summed E-state index contributed by atoms with van der Waals surface area (Å²) >= 11 is 9.01. The first-order chi connectivity index (χ1) is 9.42. The number of rotatable bonds is 4. The van der Waals surface area contributed by atoms with Gasteiger partial charge in [0, 0.05) is 21.7 Å². The van der Waals surface area contributed by atoms with Crippen LogP contribution in [0.4, 0.5) is 5.69 Å². The Morgan fingerprint density at radius 1 is 1.15 bits per heavy atom. The Morgan fingerprint density at radius 2 is 1.80 bits per heavy atom. The van der Waals surface area contributed by atoms with E-state index in [1.54, 1.807) is 36.4 Å². The molecule has 0 saturated carbocycles. The summed E-state index contributed by atoms with van der Waals surface area (Å²) in [6.45, 7) is 0.351. The summed E-state index contributed by atoms with van der Waals surface area (Å²) in [4.78, 5) is 0.157. The highest BCUT2D eigenvalue weighted by molar-refractivity contribution is 9.10. The van der Waals surface area contributed by atoms with Gasteiger partial charge in [-0.05, 0) is 57.9 Å². The van der Waals surface area contributed by atoms with Crippen molar-refractivity contribution < 1.29 is 8.42 Å². The quantitative estimate of drug-likeness (QED) is 0.860. The molecular formula is C13H12BrClN2O2S. The van der Waals surface area contributed by atoms with Gasteiger partial charge in [-0.25, -0.2) is 8.42 Å². The minimum Gasteiger partial charge on any atom is -0.326 e. The molecule has 0 spiro atoms. The normalized spacial score (nSPS) is 11.3. The molecule has 0 atom stereocenters. The van der Waals surface area contributed by atoms with Crippen LogP contribution in [0, 0.1) is 0 Å². The van der Waals surface area contributed by atoms with Gasteiger partial charge in [0.25, 0.3) is 10.0 Å². The monoisotopic (exact) mass is 374 g/mol. The third-order valence-electron chi connectivity index (χ3n) is 2.62. The minimum absolute atomic E-state index is 0.157. The molecule has 2 rings (SSSR count). The molecule has 2 aromatic rings. The SMILES string of the molecule is NCc1ccc(S(=O)(=O)Nc2ccc(Cl)cc2)c(Br)c1. The van der Waals surface area contributed by atoms with Crippen LogP contribution in [0.25, 0.3) is 0 Å². The van der Waals surface area contributed by atoms with Crippen LogP contribution in [0.3, 0.4) is 0 Å². The summed E-state index contributed by atoms with van der Waals surface area (Å²) in [6.07, 6.45) is 0. The van der Waals surface area contributed by atoms with E-state index in [0.717, 1.165) is 5.56 Å². The second-order valence-corrected chi connectivity index (χ2v) is 7.02. The van der Waals surface area contributed by atoms with Gasteiger partial charge in [0.15, 0.2) is 0 Å². The highest BCUT2D eigenvalue weighted by atomic mass is 79.9. The molecule has 7 heteroatoms. The maximum atomic E-state index is 12.3. The molecule has 0 fully saturated rings. The fourth-order valence-corrected chi connectivity index (χ4v) is 3.93. The zero-order valence-corrected chi connectivity index (χ0v) is 13.5. The average molecular weight is 376 g/mol. The van der Waals surface area contributed by atoms with Crippen LogP contribution in [0.2, 0.25) is 5.02 Å². The van der Waals surface area contributed by atoms with E-state index in [9.17, 15) is 8.42 Å². The lowest BCUT2D eigenvalue weighted by Crippen LogP contribution is -2.13. The van der Waals surface area contributed by atoms with Crippen LogP contribution in [-0.4, -0.2) is 8.42 Å². The summed E-state index contributed by atoms with van der Waals surface area (Å²) < 4.78 is 27.6. The molecule has 0 aliphatic heterocycles. The molecule has 0 bridgehead atoms. The Labute approximate surface area is 131 Å². The third-order valence-corrected chi connectivity index (χ3v) is 5.23. The van der Waals surface area contributed by atoms with Gasteiger partial charge in [0.1, 0.15) is 4.90 Å². The van der Waals surface area contributed by atoms with Crippen LogP contribution in [0.15, 0.2) is 51.8 Å². The topological polar surface area (TPSA) is 72.2 Å². The van der Waals surface area contributed by atoms with Crippen molar-refractivity contribution in [2.45, 2.75) is 11.4 Å². The standard InChI is InChI=1S/C13H12BrClN2O2S/c14-12-7-9(8-16)1-6-13(12)20(18,19)17-11-4-2-10(15)3-5-11/h1-7,17H,8,16H2. The van der Waals surface area contributed by atoms with Crippen LogP contribution < -0.4 is 10.5 Å². The van der Waals surface area contributed by atoms with Crippen molar-refractivity contribution in [1.82, 2.24) is 0 Å². The van der Waals surface area contributed by atoms with Crippen LogP contribution >= 0.6 is 27.5 Å². The molecule has 0 aliphatic rings. The molecule has 2 aromatic carbocycles. The lowest BCUT2D eigenvalue weighted by molar-refractivity contribution is 0.600. The fourth-order valence-electron chi connectivity index (χ4n) is 1.62. The number of nitrogens with one attached hydrogen (secondary N) is 1. The Hall–Kier alpha value is -1.08. The van der Waals surface area contributed by atoms with Crippen molar-refractivity contribution in [3.8, 4) is 0 Å². The summed E-state index contributed by atoms with van der Waals surface area (Å²) in [7, 11) is -3.66. The number of sulfonamides is 1. The van der Waals surface area contributed by atoms with Crippen molar-refractivity contribution in [1.29, 1.82) is 0 Å². The van der Waals surface area contributed by atoms with Crippen molar-refractivity contribution in [2.24, 2.45) is 5.73 Å². The van der Waals surface area contributed by atoms with Gasteiger partial charge in [-0.15, -0.1) is 0 Å². The van der Waals surface area contributed by atoms with Gasteiger partial charge >= 0.3 is 0 Å². The number of nitrogens with two attached hydrogens (primary N) is 1. The summed E-state index contributed by atoms with van der Waals surface area (Å²) in [5, 5.41) is 0.543. The predicted octanol–water partition coefficient (Wildman–Crippen LogP) is 3.36. The van der Waals surface area contributed by atoms with E-state index in [0.29, 0.717) is 21.7 Å². The highest BCUT2D eigenvalue weighted by Crippen LogP contribution is 2.25. The smallest absolute Gasteiger partial charge is 0.263 e. The molecule has 0 heterocycles. The molecule has 0 saturated heterocycles. The molecule has 0 unspecified atom stereocenters. The maximum Gasteiger partial charge on any atom is 0.263 e. The van der Waals surface area contributed by atoms with Crippen LogP contribution in [0.1, 0.15) is 5.56 Å². The summed E-state index contributed by atoms with van der Waals surface area (Å²) in [6, 6.07) is 11.3. The second-order valence-electron chi connectivity index (χ2n) is 4.08.